The predicted molar refractivity (Wildman–Crippen MR) is 121 cm³/mol. The van der Waals surface area contributed by atoms with E-state index in [0.29, 0.717) is 22.7 Å². The number of halogens is 1. The van der Waals surface area contributed by atoms with Gasteiger partial charge < -0.3 is 10.1 Å². The number of carbonyl (C=O) groups excluding carboxylic acids is 2. The molecule has 9 nitrogen and oxygen atoms in total. The van der Waals surface area contributed by atoms with Gasteiger partial charge in [-0.15, -0.1) is 0 Å². The molecule has 3 N–H and O–H groups in total. The molecule has 1 aliphatic carbocycles. The number of methoxy groups -OCH3 is 1. The molecule has 0 saturated heterocycles. The van der Waals surface area contributed by atoms with Crippen LogP contribution in [0, 0.1) is 5.92 Å². The van der Waals surface area contributed by atoms with E-state index in [2.05, 4.69) is 20.3 Å². The molecule has 1 fully saturated rings. The van der Waals surface area contributed by atoms with E-state index in [1.54, 1.807) is 18.2 Å². The Labute approximate surface area is 189 Å². The molecule has 0 radical (unpaired) electrons. The van der Waals surface area contributed by atoms with Crippen molar-refractivity contribution in [2.75, 3.05) is 24.0 Å². The zero-order chi connectivity index (χ0) is 22.6. The Morgan fingerprint density at radius 3 is 2.61 bits per heavy atom. The Balaban J connectivity index is 1.72. The highest BCUT2D eigenvalue weighted by Crippen LogP contribution is 2.33. The standard InChI is InChI=1S/C19H23ClN4O5S2/c1-29-12-7-8-14(13(9-12)16(25)11-5-3-4-6-11)22-18(26)24-19-23-15(17(20)30-19)10-21-31(2,27)28/h7-9,11,21H,3-6,10H2,1-2H3,(H2,22,23,24,26). The average Bonchev–Trinajstić information content (AvgIpc) is 3.35. The summed E-state index contributed by atoms with van der Waals surface area (Å²) in [5.74, 6) is 0.457. The quantitative estimate of drug-likeness (QED) is 0.486. The van der Waals surface area contributed by atoms with Gasteiger partial charge in [0.2, 0.25) is 10.0 Å². The number of nitrogens with one attached hydrogen (secondary N) is 3. The molecule has 12 heteroatoms. The molecular formula is C19H23ClN4O5S2. The van der Waals surface area contributed by atoms with Gasteiger partial charge in [0.25, 0.3) is 0 Å². The van der Waals surface area contributed by atoms with Gasteiger partial charge in [0.15, 0.2) is 10.9 Å². The van der Waals surface area contributed by atoms with Crippen LogP contribution in [0.4, 0.5) is 15.6 Å². The van der Waals surface area contributed by atoms with Gasteiger partial charge in [-0.3, -0.25) is 10.1 Å². The third kappa shape index (κ3) is 6.39. The number of ketones is 1. The van der Waals surface area contributed by atoms with Gasteiger partial charge in [-0.1, -0.05) is 35.8 Å². The van der Waals surface area contributed by atoms with Crippen LogP contribution in [0.5, 0.6) is 5.75 Å². The highest BCUT2D eigenvalue weighted by atomic mass is 35.5. The van der Waals surface area contributed by atoms with Crippen molar-refractivity contribution in [1.29, 1.82) is 0 Å². The van der Waals surface area contributed by atoms with E-state index in [0.717, 1.165) is 43.3 Å². The first-order chi connectivity index (χ1) is 14.7. The number of hydrogen-bond donors (Lipinski definition) is 3. The Bertz CT molecular complexity index is 1080. The van der Waals surface area contributed by atoms with Crippen molar-refractivity contribution in [3.05, 3.63) is 33.8 Å². The number of thiazole rings is 1. The predicted octanol–water partition coefficient (Wildman–Crippen LogP) is 3.87. The largest absolute Gasteiger partial charge is 0.497 e. The molecule has 0 aliphatic heterocycles. The van der Waals surface area contributed by atoms with Crippen molar-refractivity contribution in [3.63, 3.8) is 0 Å². The highest BCUT2D eigenvalue weighted by molar-refractivity contribution is 7.88. The summed E-state index contributed by atoms with van der Waals surface area (Å²) < 4.78 is 30.3. The third-order valence-corrected chi connectivity index (χ3v) is 6.76. The SMILES string of the molecule is COc1ccc(NC(=O)Nc2nc(CNS(C)(=O)=O)c(Cl)s2)c(C(=O)C2CCCC2)c1. The van der Waals surface area contributed by atoms with Crippen molar-refractivity contribution >= 4 is 55.6 Å². The number of urea groups is 1. The molecule has 2 aromatic rings. The zero-order valence-electron chi connectivity index (χ0n) is 17.0. The summed E-state index contributed by atoms with van der Waals surface area (Å²) in [5.41, 5.74) is 1.07. The Morgan fingerprint density at radius 1 is 1.26 bits per heavy atom. The fraction of sp³-hybridized carbons (Fsp3) is 0.421. The zero-order valence-corrected chi connectivity index (χ0v) is 19.4. The number of anilines is 2. The van der Waals surface area contributed by atoms with E-state index in [1.165, 1.54) is 7.11 Å². The van der Waals surface area contributed by atoms with Crippen molar-refractivity contribution in [2.24, 2.45) is 5.92 Å². The maximum absolute atomic E-state index is 13.0. The fourth-order valence-corrected chi connectivity index (χ4v) is 4.75. The molecule has 3 rings (SSSR count). The van der Waals surface area contributed by atoms with Gasteiger partial charge in [-0.05, 0) is 31.0 Å². The maximum atomic E-state index is 13.0. The lowest BCUT2D eigenvalue weighted by atomic mass is 9.95. The van der Waals surface area contributed by atoms with Gasteiger partial charge in [0.1, 0.15) is 10.1 Å². The molecule has 0 atom stereocenters. The lowest BCUT2D eigenvalue weighted by molar-refractivity contribution is 0.0923. The lowest BCUT2D eigenvalue weighted by Gasteiger charge is -2.15. The average molecular weight is 487 g/mol. The van der Waals surface area contributed by atoms with Gasteiger partial charge in [0, 0.05) is 11.5 Å². The summed E-state index contributed by atoms with van der Waals surface area (Å²) in [6.07, 6.45) is 4.74. The first-order valence-corrected chi connectivity index (χ1v) is 12.6. The number of ether oxygens (including phenoxy) is 1. The minimum absolute atomic E-state index is 0.0156. The Hall–Kier alpha value is -2.21. The molecule has 1 aromatic heterocycles. The van der Waals surface area contributed by atoms with Crippen LogP contribution < -0.4 is 20.1 Å². The molecular weight excluding hydrogens is 464 g/mol. The van der Waals surface area contributed by atoms with Gasteiger partial charge >= 0.3 is 6.03 Å². The van der Waals surface area contributed by atoms with Gasteiger partial charge in [-0.25, -0.2) is 22.9 Å². The van der Waals surface area contributed by atoms with Crippen molar-refractivity contribution < 1.29 is 22.7 Å². The van der Waals surface area contributed by atoms with E-state index in [4.69, 9.17) is 16.3 Å². The topological polar surface area (TPSA) is 126 Å². The van der Waals surface area contributed by atoms with Crippen LogP contribution in [-0.2, 0) is 16.6 Å². The molecule has 2 amide bonds. The smallest absolute Gasteiger partial charge is 0.325 e. The Morgan fingerprint density at radius 2 is 1.97 bits per heavy atom. The summed E-state index contributed by atoms with van der Waals surface area (Å²) in [6, 6.07) is 4.32. The first-order valence-electron chi connectivity index (χ1n) is 9.56. The third-order valence-electron chi connectivity index (χ3n) is 4.84. The monoisotopic (exact) mass is 486 g/mol. The summed E-state index contributed by atoms with van der Waals surface area (Å²) in [6.45, 7) is -0.0873. The molecule has 0 spiro atoms. The first kappa shape index (κ1) is 23.5. The lowest BCUT2D eigenvalue weighted by Crippen LogP contribution is -2.23. The molecule has 1 saturated carbocycles. The van der Waals surface area contributed by atoms with E-state index >= 15 is 0 Å². The molecule has 0 bridgehead atoms. The minimum atomic E-state index is -3.41. The number of carbonyl (C=O) groups is 2. The van der Waals surface area contributed by atoms with Crippen molar-refractivity contribution in [1.82, 2.24) is 9.71 Å². The van der Waals surface area contributed by atoms with E-state index in [9.17, 15) is 18.0 Å². The maximum Gasteiger partial charge on any atom is 0.325 e. The van der Waals surface area contributed by atoms with Crippen LogP contribution >= 0.6 is 22.9 Å². The summed E-state index contributed by atoms with van der Waals surface area (Å²) in [7, 11) is -1.89. The molecule has 0 unspecified atom stereocenters. The number of rotatable bonds is 8. The van der Waals surface area contributed by atoms with Crippen LogP contribution in [0.1, 0.15) is 41.7 Å². The fourth-order valence-electron chi connectivity index (χ4n) is 3.32. The normalized spacial score (nSPS) is 14.4. The number of amides is 2. The summed E-state index contributed by atoms with van der Waals surface area (Å²) >= 11 is 7.08. The number of sulfonamides is 1. The number of benzene rings is 1. The van der Waals surface area contributed by atoms with E-state index in [-0.39, 0.29) is 27.7 Å². The van der Waals surface area contributed by atoms with Crippen LogP contribution in [0.2, 0.25) is 4.34 Å². The second-order valence-electron chi connectivity index (χ2n) is 7.17. The van der Waals surface area contributed by atoms with Gasteiger partial charge in [-0.2, -0.15) is 0 Å². The van der Waals surface area contributed by atoms with Crippen LogP contribution in [0.25, 0.3) is 0 Å². The number of Topliss-reactive ketones (excluding diaryl/α,β-unsaturated/α-hetero) is 1. The van der Waals surface area contributed by atoms with Crippen molar-refractivity contribution in [2.45, 2.75) is 32.2 Å². The van der Waals surface area contributed by atoms with Crippen LogP contribution in [0.15, 0.2) is 18.2 Å². The van der Waals surface area contributed by atoms with E-state index in [1.807, 2.05) is 0 Å². The molecule has 1 aromatic carbocycles. The van der Waals surface area contributed by atoms with Gasteiger partial charge in [0.05, 0.1) is 31.3 Å². The van der Waals surface area contributed by atoms with Crippen LogP contribution in [-0.4, -0.2) is 38.6 Å². The summed E-state index contributed by atoms with van der Waals surface area (Å²) in [5, 5.41) is 5.45. The Kier molecular flexibility index (Phi) is 7.52. The molecule has 31 heavy (non-hydrogen) atoms. The second kappa shape index (κ2) is 9.94. The minimum Gasteiger partial charge on any atom is -0.497 e. The number of nitrogens with zero attached hydrogens (tertiary/aromatic N) is 1. The number of aromatic nitrogens is 1. The summed E-state index contributed by atoms with van der Waals surface area (Å²) in [4.78, 5) is 29.6. The molecule has 1 heterocycles. The molecule has 1 aliphatic rings. The highest BCUT2D eigenvalue weighted by Gasteiger charge is 2.26. The van der Waals surface area contributed by atoms with E-state index < -0.39 is 16.1 Å². The molecule has 168 valence electrons. The second-order valence-corrected chi connectivity index (χ2v) is 10.6. The van der Waals surface area contributed by atoms with Crippen molar-refractivity contribution in [3.8, 4) is 5.75 Å². The number of hydrogen-bond acceptors (Lipinski definition) is 7. The van der Waals surface area contributed by atoms with Crippen LogP contribution in [0.3, 0.4) is 0 Å².